The van der Waals surface area contributed by atoms with Crippen LogP contribution in [0.25, 0.3) is 0 Å². The van der Waals surface area contributed by atoms with Gasteiger partial charge in [-0.05, 0) is 0 Å². The fourth-order valence-electron chi connectivity index (χ4n) is 1.57. The zero-order valence-electron chi connectivity index (χ0n) is 7.44. The average Bonchev–Trinajstić information content (AvgIpc) is 2.49. The van der Waals surface area contributed by atoms with Crippen molar-refractivity contribution in [3.63, 3.8) is 0 Å². The van der Waals surface area contributed by atoms with Crippen LogP contribution in [0.3, 0.4) is 0 Å². The molecule has 0 amide bonds. The molecule has 2 nitrogen and oxygen atoms in total. The summed E-state index contributed by atoms with van der Waals surface area (Å²) >= 11 is 0. The molecule has 0 aromatic heterocycles. The smallest absolute Gasteiger partial charge is 0.215 e. The van der Waals surface area contributed by atoms with Gasteiger partial charge in [0.05, 0.1) is 6.21 Å². The van der Waals surface area contributed by atoms with Gasteiger partial charge in [-0.25, -0.2) is 4.99 Å². The van der Waals surface area contributed by atoms with Crippen LogP contribution in [-0.2, 0) is 0 Å². The molecule has 0 aromatic carbocycles. The molecule has 62 valence electrons. The van der Waals surface area contributed by atoms with Crippen molar-refractivity contribution in [3.8, 4) is 0 Å². The molecule has 0 bridgehead atoms. The predicted octanol–water partition coefficient (Wildman–Crippen LogP) is 1.59. The van der Waals surface area contributed by atoms with Gasteiger partial charge in [-0.3, -0.25) is 0 Å². The Balaban J connectivity index is 2.35. The van der Waals surface area contributed by atoms with Crippen LogP contribution in [0.2, 0.25) is 0 Å². The lowest BCUT2D eigenvalue weighted by atomic mass is 10.1. The number of fused-ring (bicyclic) bond motifs is 1. The second kappa shape index (κ2) is 2.70. The summed E-state index contributed by atoms with van der Waals surface area (Å²) in [6.45, 7) is 4.41. The van der Waals surface area contributed by atoms with E-state index in [0.717, 1.165) is 0 Å². The van der Waals surface area contributed by atoms with Crippen LogP contribution in [0, 0.1) is 5.92 Å². The number of hydrogen-bond acceptors (Lipinski definition) is 1. The quantitative estimate of drug-likeness (QED) is 0.519. The monoisotopic (exact) mass is 161 g/mol. The third kappa shape index (κ3) is 1.04. The topological polar surface area (TPSA) is 15.4 Å². The number of rotatable bonds is 1. The maximum absolute atomic E-state index is 4.31. The SMILES string of the molecule is CC(C)C1=CC=CC2N=CC=[N+]12. The first kappa shape index (κ1) is 7.47. The maximum atomic E-state index is 4.31. The van der Waals surface area contributed by atoms with Crippen LogP contribution in [0.4, 0.5) is 0 Å². The molecule has 2 aliphatic heterocycles. The molecule has 0 radical (unpaired) electrons. The molecule has 2 rings (SSSR count). The van der Waals surface area contributed by atoms with Gasteiger partial charge >= 0.3 is 0 Å². The zero-order valence-corrected chi connectivity index (χ0v) is 7.44. The van der Waals surface area contributed by atoms with E-state index in [9.17, 15) is 0 Å². The second-order valence-corrected chi connectivity index (χ2v) is 3.40. The Bertz CT molecular complexity index is 306. The van der Waals surface area contributed by atoms with E-state index in [1.165, 1.54) is 5.70 Å². The van der Waals surface area contributed by atoms with Crippen LogP contribution in [0.1, 0.15) is 13.8 Å². The van der Waals surface area contributed by atoms with Crippen molar-refractivity contribution in [3.05, 3.63) is 23.9 Å². The molecule has 2 heterocycles. The highest BCUT2D eigenvalue weighted by atomic mass is 15.2. The van der Waals surface area contributed by atoms with E-state index in [4.69, 9.17) is 0 Å². The average molecular weight is 161 g/mol. The largest absolute Gasteiger partial charge is 0.270 e. The predicted molar refractivity (Wildman–Crippen MR) is 50.7 cm³/mol. The van der Waals surface area contributed by atoms with E-state index in [-0.39, 0.29) is 6.17 Å². The van der Waals surface area contributed by atoms with E-state index in [2.05, 4.69) is 41.6 Å². The molecule has 1 unspecified atom stereocenters. The lowest BCUT2D eigenvalue weighted by molar-refractivity contribution is -0.502. The van der Waals surface area contributed by atoms with Crippen molar-refractivity contribution in [1.82, 2.24) is 0 Å². The van der Waals surface area contributed by atoms with Crippen LogP contribution in [-0.4, -0.2) is 23.2 Å². The zero-order chi connectivity index (χ0) is 8.55. The first-order chi connectivity index (χ1) is 5.79. The summed E-state index contributed by atoms with van der Waals surface area (Å²) in [5.41, 5.74) is 1.35. The Labute approximate surface area is 72.6 Å². The van der Waals surface area contributed by atoms with Crippen molar-refractivity contribution in [2.75, 3.05) is 0 Å². The fourth-order valence-corrected chi connectivity index (χ4v) is 1.57. The number of allylic oxidation sites excluding steroid dienone is 3. The first-order valence-corrected chi connectivity index (χ1v) is 4.32. The summed E-state index contributed by atoms with van der Waals surface area (Å²) in [5.74, 6) is 0.565. The van der Waals surface area contributed by atoms with Gasteiger partial charge in [-0.15, -0.1) is 0 Å². The number of nitrogens with zero attached hydrogens (tertiary/aromatic N) is 2. The third-order valence-corrected chi connectivity index (χ3v) is 2.19. The van der Waals surface area contributed by atoms with Crippen molar-refractivity contribution in [2.24, 2.45) is 10.9 Å². The van der Waals surface area contributed by atoms with Gasteiger partial charge in [0, 0.05) is 18.1 Å². The van der Waals surface area contributed by atoms with Crippen molar-refractivity contribution < 1.29 is 4.58 Å². The Kier molecular flexibility index (Phi) is 1.68. The van der Waals surface area contributed by atoms with Gasteiger partial charge in [0.2, 0.25) is 0 Å². The van der Waals surface area contributed by atoms with Crippen LogP contribution in [0.15, 0.2) is 28.9 Å². The minimum absolute atomic E-state index is 0.229. The highest BCUT2D eigenvalue weighted by Crippen LogP contribution is 2.19. The van der Waals surface area contributed by atoms with Gasteiger partial charge in [0.25, 0.3) is 6.17 Å². The summed E-state index contributed by atoms with van der Waals surface area (Å²) < 4.78 is 2.21. The van der Waals surface area contributed by atoms with E-state index >= 15 is 0 Å². The lowest BCUT2D eigenvalue weighted by Gasteiger charge is -2.12. The Hall–Kier alpha value is -1.18. The molecular weight excluding hydrogens is 148 g/mol. The van der Waals surface area contributed by atoms with Gasteiger partial charge in [-0.1, -0.05) is 19.9 Å². The molecule has 2 heteroatoms. The minimum Gasteiger partial charge on any atom is -0.215 e. The molecule has 0 spiro atoms. The Morgan fingerprint density at radius 1 is 1.50 bits per heavy atom. The Morgan fingerprint density at radius 2 is 2.33 bits per heavy atom. The van der Waals surface area contributed by atoms with E-state index in [0.29, 0.717) is 5.92 Å². The van der Waals surface area contributed by atoms with Gasteiger partial charge in [0.15, 0.2) is 11.9 Å². The van der Waals surface area contributed by atoms with E-state index < -0.39 is 0 Å². The van der Waals surface area contributed by atoms with Crippen LogP contribution in [0.5, 0.6) is 0 Å². The minimum atomic E-state index is 0.229. The Morgan fingerprint density at radius 3 is 3.08 bits per heavy atom. The molecule has 0 fully saturated rings. The van der Waals surface area contributed by atoms with Crippen LogP contribution < -0.4 is 0 Å². The molecule has 0 saturated heterocycles. The van der Waals surface area contributed by atoms with Crippen molar-refractivity contribution >= 4 is 12.4 Å². The maximum Gasteiger partial charge on any atom is 0.270 e. The third-order valence-electron chi connectivity index (χ3n) is 2.19. The summed E-state index contributed by atoms with van der Waals surface area (Å²) in [5, 5.41) is 0. The van der Waals surface area contributed by atoms with Crippen molar-refractivity contribution in [2.45, 2.75) is 20.0 Å². The summed E-state index contributed by atoms with van der Waals surface area (Å²) in [7, 11) is 0. The molecule has 0 saturated carbocycles. The fraction of sp³-hybridized carbons (Fsp3) is 0.400. The highest BCUT2D eigenvalue weighted by Gasteiger charge is 2.28. The molecule has 0 N–H and O–H groups in total. The standard InChI is InChI=1S/C10H13N2/c1-8(2)9-4-3-5-10-11-6-7-12(9)10/h3-8,10H,1-2H3/q+1. The molecule has 0 aliphatic carbocycles. The van der Waals surface area contributed by atoms with Crippen molar-refractivity contribution in [1.29, 1.82) is 0 Å². The summed E-state index contributed by atoms with van der Waals surface area (Å²) in [4.78, 5) is 4.31. The molecular formula is C10H13N2+. The molecule has 12 heavy (non-hydrogen) atoms. The molecule has 0 aromatic rings. The number of hydrogen-bond donors (Lipinski definition) is 0. The van der Waals surface area contributed by atoms with Gasteiger partial charge < -0.3 is 0 Å². The second-order valence-electron chi connectivity index (χ2n) is 3.40. The summed E-state index contributed by atoms with van der Waals surface area (Å²) in [6, 6.07) is 0. The van der Waals surface area contributed by atoms with E-state index in [1.54, 1.807) is 0 Å². The lowest BCUT2D eigenvalue weighted by Crippen LogP contribution is -2.24. The normalized spacial score (nSPS) is 25.8. The van der Waals surface area contributed by atoms with Gasteiger partial charge in [0.1, 0.15) is 0 Å². The molecule has 1 atom stereocenters. The molecule has 2 aliphatic rings. The number of aliphatic imine (C=N–C) groups is 1. The highest BCUT2D eigenvalue weighted by molar-refractivity contribution is 6.14. The van der Waals surface area contributed by atoms with Crippen LogP contribution >= 0.6 is 0 Å². The van der Waals surface area contributed by atoms with Gasteiger partial charge in [-0.2, -0.15) is 4.58 Å². The summed E-state index contributed by atoms with van der Waals surface area (Å²) in [6.07, 6.45) is 10.5. The van der Waals surface area contributed by atoms with E-state index in [1.807, 2.05) is 12.4 Å². The first-order valence-electron chi connectivity index (χ1n) is 4.32.